The van der Waals surface area contributed by atoms with Crippen LogP contribution in [0.15, 0.2) is 133 Å². The molecule has 7 heteroatoms. The van der Waals surface area contributed by atoms with Gasteiger partial charge in [0.05, 0.1) is 5.30 Å². The number of benzene rings is 8. The van der Waals surface area contributed by atoms with E-state index in [0.29, 0.717) is 10.8 Å². The van der Waals surface area contributed by atoms with Crippen LogP contribution in [0, 0.1) is 0 Å². The van der Waals surface area contributed by atoms with E-state index in [2.05, 4.69) is 73.3 Å². The smallest absolute Gasteiger partial charge is 0.357 e. The molecule has 0 aliphatic rings. The van der Waals surface area contributed by atoms with Crippen LogP contribution in [0.5, 0.6) is 0 Å². The van der Waals surface area contributed by atoms with Crippen molar-refractivity contribution in [1.29, 1.82) is 0 Å². The lowest BCUT2D eigenvalue weighted by molar-refractivity contribution is 0.249. The molecule has 0 saturated heterocycles. The second kappa shape index (κ2) is 12.9. The molecule has 0 aliphatic heterocycles. The lowest BCUT2D eigenvalue weighted by atomic mass is 9.93. The number of fused-ring (bicyclic) bond motifs is 6. The summed E-state index contributed by atoms with van der Waals surface area (Å²) >= 11 is 0. The Bertz CT molecular complexity index is 2510. The van der Waals surface area contributed by atoms with Gasteiger partial charge in [-0.15, -0.1) is 0 Å². The Morgan fingerprint density at radius 1 is 0.521 bits per heavy atom. The van der Waals surface area contributed by atoms with Gasteiger partial charge < -0.3 is 18.6 Å². The molecule has 240 valence electrons. The first kappa shape index (κ1) is 32.2. The molecule has 0 bridgehead atoms. The van der Waals surface area contributed by atoms with Crippen LogP contribution in [0.4, 0.5) is 0 Å². The summed E-state index contributed by atoms with van der Waals surface area (Å²) in [5.74, 6) is 0. The molecule has 0 unspecified atom stereocenters. The van der Waals surface area contributed by atoms with Crippen LogP contribution in [0.3, 0.4) is 0 Å². The Hall–Kier alpha value is -4.39. The molecule has 0 amide bonds. The Morgan fingerprint density at radius 3 is 1.44 bits per heavy atom. The van der Waals surface area contributed by atoms with E-state index in [1.54, 1.807) is 26.4 Å². The molecule has 2 N–H and O–H groups in total. The Labute approximate surface area is 280 Å². The third-order valence-corrected chi connectivity index (χ3v) is 13.5. The quantitative estimate of drug-likeness (QED) is 0.105. The maximum absolute atomic E-state index is 12.1. The van der Waals surface area contributed by atoms with Crippen LogP contribution in [0.2, 0.25) is 12.6 Å². The van der Waals surface area contributed by atoms with E-state index in [4.69, 9.17) is 8.85 Å². The Balaban J connectivity index is 0.000000154. The lowest BCUT2D eigenvalue weighted by Crippen LogP contribution is -2.36. The summed E-state index contributed by atoms with van der Waals surface area (Å²) in [5, 5.41) is 12.9. The standard InChI is InChI=1S/C23H24O2Si.C18H13O3P/c1-24-26(3,25-2)13-12-22-21-11-7-6-10-19(21)15-20-14-17-8-4-5-9-18(17)16-23(20)22;19-22(20,21)18-16-8-4-3-7-14(16)10-15-9-12-5-1-2-6-13(12)11-17(15)18/h4-11,14-16H,12-13H2,1-3H3;1-11H,(H2,19,20,21). The van der Waals surface area contributed by atoms with Gasteiger partial charge in [-0.2, -0.15) is 0 Å². The third kappa shape index (κ3) is 6.15. The topological polar surface area (TPSA) is 76.0 Å². The van der Waals surface area contributed by atoms with Gasteiger partial charge in [-0.1, -0.05) is 97.1 Å². The maximum Gasteiger partial charge on any atom is 0.357 e. The molecule has 0 aliphatic carbocycles. The van der Waals surface area contributed by atoms with Crippen LogP contribution in [-0.2, 0) is 19.8 Å². The molecule has 48 heavy (non-hydrogen) atoms. The molecule has 8 rings (SSSR count). The highest BCUT2D eigenvalue weighted by Crippen LogP contribution is 2.41. The summed E-state index contributed by atoms with van der Waals surface area (Å²) in [6, 6.07) is 46.1. The lowest BCUT2D eigenvalue weighted by Gasteiger charge is -2.23. The van der Waals surface area contributed by atoms with Crippen LogP contribution in [0.1, 0.15) is 5.56 Å². The van der Waals surface area contributed by atoms with E-state index in [9.17, 15) is 14.4 Å². The molecule has 0 heterocycles. The maximum atomic E-state index is 12.1. The van der Waals surface area contributed by atoms with E-state index in [0.717, 1.165) is 34.0 Å². The van der Waals surface area contributed by atoms with Gasteiger partial charge >= 0.3 is 16.2 Å². The average molecular weight is 669 g/mol. The summed E-state index contributed by atoms with van der Waals surface area (Å²) in [5.41, 5.74) is 1.40. The van der Waals surface area contributed by atoms with Gasteiger partial charge in [-0.3, -0.25) is 4.57 Å². The average Bonchev–Trinajstić information content (AvgIpc) is 3.10. The predicted molar refractivity (Wildman–Crippen MR) is 204 cm³/mol. The summed E-state index contributed by atoms with van der Waals surface area (Å²) in [4.78, 5) is 19.7. The zero-order chi connectivity index (χ0) is 33.5. The Kier molecular flexibility index (Phi) is 8.65. The van der Waals surface area contributed by atoms with Crippen LogP contribution >= 0.6 is 7.60 Å². The first-order valence-electron chi connectivity index (χ1n) is 16.0. The zero-order valence-corrected chi connectivity index (χ0v) is 29.1. The fraction of sp³-hybridized carbons (Fsp3) is 0.122. The highest BCUT2D eigenvalue weighted by Gasteiger charge is 2.29. The molecule has 0 atom stereocenters. The van der Waals surface area contributed by atoms with Crippen molar-refractivity contribution in [3.63, 3.8) is 0 Å². The minimum absolute atomic E-state index is 0.117. The number of hydrogen-bond donors (Lipinski definition) is 2. The Morgan fingerprint density at radius 2 is 0.917 bits per heavy atom. The summed E-state index contributed by atoms with van der Waals surface area (Å²) < 4.78 is 23.5. The summed E-state index contributed by atoms with van der Waals surface area (Å²) in [6.45, 7) is 2.13. The van der Waals surface area contributed by atoms with Gasteiger partial charge in [-0.25, -0.2) is 0 Å². The third-order valence-electron chi connectivity index (χ3n) is 9.52. The molecule has 0 fully saturated rings. The van der Waals surface area contributed by atoms with E-state index in [-0.39, 0.29) is 5.30 Å². The molecule has 5 nitrogen and oxygen atoms in total. The molecular weight excluding hydrogens is 632 g/mol. The van der Waals surface area contributed by atoms with Crippen molar-refractivity contribution in [2.45, 2.75) is 19.0 Å². The minimum atomic E-state index is -4.39. The number of rotatable bonds is 6. The molecule has 0 aromatic heterocycles. The predicted octanol–water partition coefficient (Wildman–Crippen LogP) is 10.0. The van der Waals surface area contributed by atoms with Crippen molar-refractivity contribution < 1.29 is 23.2 Å². The summed E-state index contributed by atoms with van der Waals surface area (Å²) in [6.07, 6.45) is 0.959. The molecule has 0 spiro atoms. The molecule has 0 radical (unpaired) electrons. The van der Waals surface area contributed by atoms with Gasteiger partial charge in [0.2, 0.25) is 0 Å². The van der Waals surface area contributed by atoms with E-state index in [1.807, 2.05) is 54.6 Å². The minimum Gasteiger partial charge on any atom is -0.398 e. The van der Waals surface area contributed by atoms with Crippen molar-refractivity contribution in [3.8, 4) is 0 Å². The monoisotopic (exact) mass is 668 g/mol. The van der Waals surface area contributed by atoms with Gasteiger partial charge in [0.15, 0.2) is 0 Å². The van der Waals surface area contributed by atoms with Gasteiger partial charge in [0.25, 0.3) is 0 Å². The van der Waals surface area contributed by atoms with Crippen LogP contribution in [-0.4, -0.2) is 32.6 Å². The van der Waals surface area contributed by atoms with E-state index in [1.165, 1.54) is 37.9 Å². The SMILES string of the molecule is CO[Si](C)(CCc1c2ccccc2cc2cc3ccccc3cc12)OC.O=P(O)(O)c1c2ccccc2cc2cc3ccccc3cc12. The van der Waals surface area contributed by atoms with Gasteiger partial charge in [0.1, 0.15) is 0 Å². The second-order valence-electron chi connectivity index (χ2n) is 12.4. The fourth-order valence-electron chi connectivity index (χ4n) is 6.81. The van der Waals surface area contributed by atoms with Gasteiger partial charge in [-0.05, 0) is 126 Å². The molecular formula is C41H37O5PSi. The number of hydrogen-bond acceptors (Lipinski definition) is 3. The van der Waals surface area contributed by atoms with E-state index < -0.39 is 16.2 Å². The molecule has 8 aromatic carbocycles. The normalized spacial score (nSPS) is 12.3. The first-order valence-corrected chi connectivity index (χ1v) is 20.1. The van der Waals surface area contributed by atoms with E-state index >= 15 is 0 Å². The molecule has 8 aromatic rings. The first-order chi connectivity index (χ1) is 23.2. The second-order valence-corrected chi connectivity index (χ2v) is 17.6. The number of aryl methyl sites for hydroxylation is 1. The zero-order valence-electron chi connectivity index (χ0n) is 27.2. The largest absolute Gasteiger partial charge is 0.398 e. The van der Waals surface area contributed by atoms with Gasteiger partial charge in [0, 0.05) is 14.2 Å². The molecule has 0 saturated carbocycles. The van der Waals surface area contributed by atoms with Crippen molar-refractivity contribution in [1.82, 2.24) is 0 Å². The highest BCUT2D eigenvalue weighted by atomic mass is 31.2. The fourth-order valence-corrected chi connectivity index (χ4v) is 9.11. The van der Waals surface area contributed by atoms with Crippen molar-refractivity contribution in [2.24, 2.45) is 0 Å². The highest BCUT2D eigenvalue weighted by molar-refractivity contribution is 7.61. The van der Waals surface area contributed by atoms with Crippen LogP contribution in [0.25, 0.3) is 64.6 Å². The summed E-state index contributed by atoms with van der Waals surface area (Å²) in [7, 11) is -2.96. The van der Waals surface area contributed by atoms with Crippen LogP contribution < -0.4 is 5.30 Å². The van der Waals surface area contributed by atoms with Crippen molar-refractivity contribution in [2.75, 3.05) is 14.2 Å². The van der Waals surface area contributed by atoms with Crippen molar-refractivity contribution in [3.05, 3.63) is 139 Å². The van der Waals surface area contributed by atoms with Crippen molar-refractivity contribution >= 4 is 86.1 Å².